The smallest absolute Gasteiger partial charge is 0.384 e. The third-order valence-corrected chi connectivity index (χ3v) is 6.06. The number of nitrogens with two attached hydrogens (primary N) is 1. The number of hydrogen-bond acceptors (Lipinski definition) is 6. The van der Waals surface area contributed by atoms with Crippen molar-refractivity contribution in [3.05, 3.63) is 36.2 Å². The van der Waals surface area contributed by atoms with Crippen molar-refractivity contribution in [2.24, 2.45) is 0 Å². The fourth-order valence-electron chi connectivity index (χ4n) is 4.35. The maximum absolute atomic E-state index is 13.8. The Morgan fingerprint density at radius 2 is 1.61 bits per heavy atom. The zero-order chi connectivity index (χ0) is 21.6. The third-order valence-electron chi connectivity index (χ3n) is 6.06. The Morgan fingerprint density at radius 3 is 2.29 bits per heavy atom. The fraction of sp³-hybridized carbons (Fsp3) is 0.409. The summed E-state index contributed by atoms with van der Waals surface area (Å²) in [6.07, 6.45) is 1.34. The van der Waals surface area contributed by atoms with Gasteiger partial charge in [-0.15, -0.1) is 0 Å². The fourth-order valence-corrected chi connectivity index (χ4v) is 4.35. The molecule has 2 N–H and O–H groups in total. The summed E-state index contributed by atoms with van der Waals surface area (Å²) in [6, 6.07) is 5.82. The van der Waals surface area contributed by atoms with Crippen LogP contribution < -0.4 is 15.5 Å². The van der Waals surface area contributed by atoms with Crippen LogP contribution in [-0.2, 0) is 6.18 Å². The molecule has 0 radical (unpaired) electrons. The van der Waals surface area contributed by atoms with Crippen LogP contribution >= 0.6 is 0 Å². The highest BCUT2D eigenvalue weighted by atomic mass is 19.4. The molecule has 2 fully saturated rings. The van der Waals surface area contributed by atoms with Crippen molar-refractivity contribution < 1.29 is 13.2 Å². The molecule has 31 heavy (non-hydrogen) atoms. The van der Waals surface area contributed by atoms with Gasteiger partial charge in [-0.25, -0.2) is 15.0 Å². The van der Waals surface area contributed by atoms with Crippen molar-refractivity contribution in [3.8, 4) is 11.3 Å². The summed E-state index contributed by atoms with van der Waals surface area (Å²) in [4.78, 5) is 17.3. The number of aromatic nitrogens is 3. The third kappa shape index (κ3) is 3.62. The molecule has 9 heteroatoms. The van der Waals surface area contributed by atoms with Gasteiger partial charge in [0.2, 0.25) is 0 Å². The van der Waals surface area contributed by atoms with E-state index in [9.17, 15) is 13.2 Å². The Morgan fingerprint density at radius 1 is 0.871 bits per heavy atom. The highest BCUT2D eigenvalue weighted by Crippen LogP contribution is 2.43. The van der Waals surface area contributed by atoms with Gasteiger partial charge in [0, 0.05) is 42.8 Å². The minimum atomic E-state index is -4.54. The van der Waals surface area contributed by atoms with Gasteiger partial charge in [0.05, 0.1) is 16.8 Å². The molecule has 2 aliphatic heterocycles. The van der Waals surface area contributed by atoms with Crippen LogP contribution in [0.15, 0.2) is 30.6 Å². The topological polar surface area (TPSA) is 71.2 Å². The first-order chi connectivity index (χ1) is 14.9. The molecule has 0 atom stereocenters. The number of halogens is 3. The SMILES string of the molecule is Nc1ccc(C(F)(F)F)c(-c2cc3ncnc(N4CCCCC4)c3cc2N2CCC2)n1. The van der Waals surface area contributed by atoms with E-state index in [2.05, 4.69) is 24.8 Å². The van der Waals surface area contributed by atoms with Gasteiger partial charge in [0.15, 0.2) is 0 Å². The van der Waals surface area contributed by atoms with E-state index in [1.54, 1.807) is 6.07 Å². The molecule has 5 rings (SSSR count). The van der Waals surface area contributed by atoms with Crippen molar-refractivity contribution in [1.29, 1.82) is 0 Å². The maximum Gasteiger partial charge on any atom is 0.418 e. The lowest BCUT2D eigenvalue weighted by atomic mass is 9.98. The zero-order valence-electron chi connectivity index (χ0n) is 17.0. The van der Waals surface area contributed by atoms with Crippen LogP contribution in [0.2, 0.25) is 0 Å². The standard InChI is InChI=1S/C22H23F3N6/c23-22(24,25)16-5-6-19(26)29-20(16)15-11-17-14(12-18(15)30-9-4-10-30)21(28-13-27-17)31-7-2-1-3-8-31/h5-6,11-13H,1-4,7-10H2,(H2,26,29). The number of benzene rings is 1. The van der Waals surface area contributed by atoms with E-state index in [-0.39, 0.29) is 11.5 Å². The van der Waals surface area contributed by atoms with Gasteiger partial charge in [-0.1, -0.05) is 0 Å². The van der Waals surface area contributed by atoms with Crippen molar-refractivity contribution >= 4 is 28.2 Å². The molecule has 0 unspecified atom stereocenters. The van der Waals surface area contributed by atoms with Crippen molar-refractivity contribution in [2.45, 2.75) is 31.9 Å². The lowest BCUT2D eigenvalue weighted by Crippen LogP contribution is -2.37. The Bertz CT molecular complexity index is 1120. The van der Waals surface area contributed by atoms with Gasteiger partial charge in [-0.05, 0) is 49.9 Å². The van der Waals surface area contributed by atoms with Gasteiger partial charge in [0.25, 0.3) is 0 Å². The van der Waals surface area contributed by atoms with Crippen LogP contribution in [0.3, 0.4) is 0 Å². The average Bonchev–Trinajstić information content (AvgIpc) is 2.71. The molecule has 1 aromatic carbocycles. The molecule has 3 aromatic rings. The van der Waals surface area contributed by atoms with E-state index in [0.29, 0.717) is 11.1 Å². The van der Waals surface area contributed by atoms with Crippen LogP contribution in [0.1, 0.15) is 31.2 Å². The predicted octanol–water partition coefficient (Wildman–Crippen LogP) is 4.49. The van der Waals surface area contributed by atoms with E-state index < -0.39 is 11.7 Å². The maximum atomic E-state index is 13.8. The Hall–Kier alpha value is -3.10. The summed E-state index contributed by atoms with van der Waals surface area (Å²) >= 11 is 0. The largest absolute Gasteiger partial charge is 0.418 e. The monoisotopic (exact) mass is 428 g/mol. The second-order valence-corrected chi connectivity index (χ2v) is 8.10. The number of fused-ring (bicyclic) bond motifs is 1. The van der Waals surface area contributed by atoms with Gasteiger partial charge >= 0.3 is 6.18 Å². The number of nitrogen functional groups attached to an aromatic ring is 1. The summed E-state index contributed by atoms with van der Waals surface area (Å²) in [5.74, 6) is 0.893. The molecule has 2 aliphatic rings. The first-order valence-corrected chi connectivity index (χ1v) is 10.5. The van der Waals surface area contributed by atoms with Crippen LogP contribution in [-0.4, -0.2) is 41.1 Å². The van der Waals surface area contributed by atoms with Crippen molar-refractivity contribution in [3.63, 3.8) is 0 Å². The normalized spacial score (nSPS) is 17.1. The summed E-state index contributed by atoms with van der Waals surface area (Å²) < 4.78 is 41.4. The number of alkyl halides is 3. The Kier molecular flexibility index (Phi) is 4.83. The van der Waals surface area contributed by atoms with E-state index in [1.807, 2.05) is 6.07 Å². The molecule has 0 spiro atoms. The summed E-state index contributed by atoms with van der Waals surface area (Å²) in [7, 11) is 0. The van der Waals surface area contributed by atoms with Gasteiger partial charge in [-0.2, -0.15) is 13.2 Å². The van der Waals surface area contributed by atoms with Crippen LogP contribution in [0, 0.1) is 0 Å². The minimum absolute atomic E-state index is 0.0503. The molecular weight excluding hydrogens is 405 g/mol. The van der Waals surface area contributed by atoms with E-state index >= 15 is 0 Å². The summed E-state index contributed by atoms with van der Waals surface area (Å²) in [6.45, 7) is 3.41. The molecule has 0 amide bonds. The highest BCUT2D eigenvalue weighted by Gasteiger charge is 2.36. The van der Waals surface area contributed by atoms with E-state index in [1.165, 1.54) is 18.8 Å². The number of pyridine rings is 1. The number of anilines is 3. The lowest BCUT2D eigenvalue weighted by Gasteiger charge is -2.35. The van der Waals surface area contributed by atoms with E-state index in [0.717, 1.165) is 68.4 Å². The number of hydrogen-bond donors (Lipinski definition) is 1. The second kappa shape index (κ2) is 7.55. The molecule has 0 aliphatic carbocycles. The number of piperidine rings is 1. The molecule has 0 saturated carbocycles. The van der Waals surface area contributed by atoms with Crippen molar-refractivity contribution in [2.75, 3.05) is 41.7 Å². The van der Waals surface area contributed by atoms with Gasteiger partial charge < -0.3 is 15.5 Å². The zero-order valence-corrected chi connectivity index (χ0v) is 17.0. The molecular formula is C22H23F3N6. The first kappa shape index (κ1) is 19.8. The average molecular weight is 428 g/mol. The molecule has 0 bridgehead atoms. The predicted molar refractivity (Wildman–Crippen MR) is 115 cm³/mol. The highest BCUT2D eigenvalue weighted by molar-refractivity contribution is 5.98. The quantitative estimate of drug-likeness (QED) is 0.663. The summed E-state index contributed by atoms with van der Waals surface area (Å²) in [5, 5.41) is 0.854. The number of rotatable bonds is 3. The lowest BCUT2D eigenvalue weighted by molar-refractivity contribution is -0.137. The molecule has 4 heterocycles. The van der Waals surface area contributed by atoms with Crippen LogP contribution in [0.25, 0.3) is 22.2 Å². The van der Waals surface area contributed by atoms with Crippen molar-refractivity contribution in [1.82, 2.24) is 15.0 Å². The molecule has 2 aromatic heterocycles. The molecule has 2 saturated heterocycles. The van der Waals surface area contributed by atoms with Crippen LogP contribution in [0.4, 0.5) is 30.5 Å². The summed E-state index contributed by atoms with van der Waals surface area (Å²) in [5.41, 5.74) is 6.55. The number of nitrogens with zero attached hydrogens (tertiary/aromatic N) is 5. The van der Waals surface area contributed by atoms with Gasteiger partial charge in [-0.3, -0.25) is 0 Å². The minimum Gasteiger partial charge on any atom is -0.384 e. The Labute approximate surface area is 177 Å². The van der Waals surface area contributed by atoms with Crippen LogP contribution in [0.5, 0.6) is 0 Å². The Balaban J connectivity index is 1.74. The second-order valence-electron chi connectivity index (χ2n) is 8.10. The molecule has 6 nitrogen and oxygen atoms in total. The molecule has 162 valence electrons. The first-order valence-electron chi connectivity index (χ1n) is 10.5. The van der Waals surface area contributed by atoms with E-state index in [4.69, 9.17) is 5.73 Å². The van der Waals surface area contributed by atoms with Gasteiger partial charge in [0.1, 0.15) is 18.0 Å².